The molecule has 1 atom stereocenters. The summed E-state index contributed by atoms with van der Waals surface area (Å²) in [6.07, 6.45) is 8.86. The first-order valence-electron chi connectivity index (χ1n) is 7.08. The normalized spacial score (nSPS) is 12.0. The molecule has 4 nitrogen and oxygen atoms in total. The molecule has 1 amide bonds. The molecule has 21 heavy (non-hydrogen) atoms. The number of aryl methyl sites for hydroxylation is 1. The van der Waals surface area contributed by atoms with E-state index >= 15 is 0 Å². The van der Waals surface area contributed by atoms with Gasteiger partial charge in [-0.15, -0.1) is 0 Å². The van der Waals surface area contributed by atoms with Gasteiger partial charge in [-0.1, -0.05) is 30.3 Å². The molecular weight excluding hydrogens is 282 g/mol. The summed E-state index contributed by atoms with van der Waals surface area (Å²) in [7, 11) is 0. The summed E-state index contributed by atoms with van der Waals surface area (Å²) in [5.74, 6) is 0.995. The van der Waals surface area contributed by atoms with Crippen molar-refractivity contribution in [2.75, 3.05) is 12.0 Å². The van der Waals surface area contributed by atoms with Crippen LogP contribution in [0.15, 0.2) is 49.1 Å². The third kappa shape index (κ3) is 5.27. The van der Waals surface area contributed by atoms with Crippen molar-refractivity contribution in [1.82, 2.24) is 14.9 Å². The number of nitrogens with zero attached hydrogens (tertiary/aromatic N) is 2. The number of carbonyl (C=O) groups excluding carboxylic acids is 1. The fraction of sp³-hybridized carbons (Fsp3) is 0.375. The number of benzene rings is 1. The Morgan fingerprint density at radius 1 is 1.38 bits per heavy atom. The molecule has 1 aromatic heterocycles. The molecule has 0 bridgehead atoms. The maximum atomic E-state index is 12.1. The molecule has 0 aliphatic rings. The highest BCUT2D eigenvalue weighted by atomic mass is 32.2. The first-order valence-corrected chi connectivity index (χ1v) is 8.48. The van der Waals surface area contributed by atoms with Crippen LogP contribution in [0.5, 0.6) is 0 Å². The highest BCUT2D eigenvalue weighted by Gasteiger charge is 2.13. The molecule has 2 aromatic rings. The first-order chi connectivity index (χ1) is 10.3. The van der Waals surface area contributed by atoms with Gasteiger partial charge >= 0.3 is 0 Å². The minimum atomic E-state index is 0.0851. The van der Waals surface area contributed by atoms with Gasteiger partial charge in [0.2, 0.25) is 5.91 Å². The lowest BCUT2D eigenvalue weighted by Gasteiger charge is -2.18. The van der Waals surface area contributed by atoms with Crippen LogP contribution in [0.3, 0.4) is 0 Å². The second-order valence-corrected chi connectivity index (χ2v) is 5.80. The molecule has 0 aliphatic heterocycles. The SMILES string of the molecule is CSC[C@H](NC(=O)CCCn1ccnc1)c1ccccc1. The van der Waals surface area contributed by atoms with Gasteiger partial charge in [0.25, 0.3) is 0 Å². The first kappa shape index (κ1) is 15.6. The zero-order valence-electron chi connectivity index (χ0n) is 12.2. The van der Waals surface area contributed by atoms with E-state index in [0.717, 1.165) is 24.3 Å². The fourth-order valence-electron chi connectivity index (χ4n) is 2.18. The highest BCUT2D eigenvalue weighted by molar-refractivity contribution is 7.98. The summed E-state index contributed by atoms with van der Waals surface area (Å²) >= 11 is 1.74. The van der Waals surface area contributed by atoms with Crippen LogP contribution < -0.4 is 5.32 Å². The summed E-state index contributed by atoms with van der Waals surface area (Å²) in [6, 6.07) is 10.2. The van der Waals surface area contributed by atoms with Crippen molar-refractivity contribution in [1.29, 1.82) is 0 Å². The lowest BCUT2D eigenvalue weighted by Crippen LogP contribution is -2.30. The van der Waals surface area contributed by atoms with Gasteiger partial charge in [0.1, 0.15) is 0 Å². The van der Waals surface area contributed by atoms with Crippen LogP contribution in [0.2, 0.25) is 0 Å². The predicted molar refractivity (Wildman–Crippen MR) is 87.2 cm³/mol. The largest absolute Gasteiger partial charge is 0.348 e. The van der Waals surface area contributed by atoms with Gasteiger partial charge in [0.05, 0.1) is 12.4 Å². The standard InChI is InChI=1S/C16H21N3OS/c1-21-12-15(14-6-3-2-4-7-14)18-16(20)8-5-10-19-11-9-17-13-19/h2-4,6-7,9,11,13,15H,5,8,10,12H2,1H3,(H,18,20)/t15-/m0/s1. The molecule has 0 fully saturated rings. The average Bonchev–Trinajstić information content (AvgIpc) is 3.01. The maximum absolute atomic E-state index is 12.1. The Morgan fingerprint density at radius 2 is 2.19 bits per heavy atom. The van der Waals surface area contributed by atoms with Crippen LogP contribution in [0.1, 0.15) is 24.4 Å². The lowest BCUT2D eigenvalue weighted by molar-refractivity contribution is -0.121. The van der Waals surface area contributed by atoms with Crippen LogP contribution in [-0.4, -0.2) is 27.5 Å². The van der Waals surface area contributed by atoms with E-state index in [2.05, 4.69) is 28.7 Å². The van der Waals surface area contributed by atoms with Crippen molar-refractivity contribution < 1.29 is 4.79 Å². The summed E-state index contributed by atoms with van der Waals surface area (Å²) in [5, 5.41) is 3.13. The third-order valence-corrected chi connectivity index (χ3v) is 3.92. The molecular formula is C16H21N3OS. The second kappa shape index (κ2) is 8.52. The Hall–Kier alpha value is -1.75. The maximum Gasteiger partial charge on any atom is 0.220 e. The summed E-state index contributed by atoms with van der Waals surface area (Å²) in [5.41, 5.74) is 1.16. The Labute approximate surface area is 130 Å². The Bertz CT molecular complexity index is 528. The van der Waals surface area contributed by atoms with E-state index in [1.807, 2.05) is 29.0 Å². The van der Waals surface area contributed by atoms with Gasteiger partial charge in [-0.3, -0.25) is 4.79 Å². The van der Waals surface area contributed by atoms with E-state index in [9.17, 15) is 4.79 Å². The second-order valence-electron chi connectivity index (χ2n) is 4.89. The van der Waals surface area contributed by atoms with Gasteiger partial charge in [0.15, 0.2) is 0 Å². The third-order valence-electron chi connectivity index (χ3n) is 3.25. The molecule has 1 aromatic carbocycles. The molecule has 0 spiro atoms. The topological polar surface area (TPSA) is 46.9 Å². The van der Waals surface area contributed by atoms with Crippen LogP contribution in [0.4, 0.5) is 0 Å². The number of imidazole rings is 1. The molecule has 0 unspecified atom stereocenters. The molecule has 2 rings (SSSR count). The number of thioether (sulfide) groups is 1. The number of carbonyl (C=O) groups is 1. The number of hydrogen-bond acceptors (Lipinski definition) is 3. The molecule has 0 saturated carbocycles. The van der Waals surface area contributed by atoms with Crippen LogP contribution >= 0.6 is 11.8 Å². The molecule has 112 valence electrons. The van der Waals surface area contributed by atoms with Gasteiger partial charge in [0, 0.05) is 31.1 Å². The quantitative estimate of drug-likeness (QED) is 0.815. The van der Waals surface area contributed by atoms with E-state index in [4.69, 9.17) is 0 Å². The summed E-state index contributed by atoms with van der Waals surface area (Å²) < 4.78 is 1.99. The fourth-order valence-corrected chi connectivity index (χ4v) is 2.79. The monoisotopic (exact) mass is 303 g/mol. The van der Waals surface area contributed by atoms with Crippen LogP contribution in [-0.2, 0) is 11.3 Å². The van der Waals surface area contributed by atoms with Gasteiger partial charge in [-0.25, -0.2) is 4.98 Å². The van der Waals surface area contributed by atoms with Crippen LogP contribution in [0, 0.1) is 0 Å². The number of rotatable bonds is 8. The predicted octanol–water partition coefficient (Wildman–Crippen LogP) is 2.88. The molecule has 0 saturated heterocycles. The molecule has 1 heterocycles. The number of nitrogens with one attached hydrogen (secondary N) is 1. The van der Waals surface area contributed by atoms with Gasteiger partial charge < -0.3 is 9.88 Å². The van der Waals surface area contributed by atoms with Gasteiger partial charge in [-0.05, 0) is 18.2 Å². The van der Waals surface area contributed by atoms with E-state index < -0.39 is 0 Å². The van der Waals surface area contributed by atoms with E-state index in [-0.39, 0.29) is 11.9 Å². The number of hydrogen-bond donors (Lipinski definition) is 1. The molecule has 0 aliphatic carbocycles. The molecule has 0 radical (unpaired) electrons. The zero-order valence-corrected chi connectivity index (χ0v) is 13.1. The van der Waals surface area contributed by atoms with Crippen molar-refractivity contribution in [2.45, 2.75) is 25.4 Å². The molecule has 5 heteroatoms. The minimum absolute atomic E-state index is 0.0851. The van der Waals surface area contributed by atoms with Crippen molar-refractivity contribution in [3.05, 3.63) is 54.6 Å². The van der Waals surface area contributed by atoms with Crippen molar-refractivity contribution in [2.24, 2.45) is 0 Å². The van der Waals surface area contributed by atoms with Gasteiger partial charge in [-0.2, -0.15) is 11.8 Å². The number of aromatic nitrogens is 2. The van der Waals surface area contributed by atoms with Crippen LogP contribution in [0.25, 0.3) is 0 Å². The smallest absolute Gasteiger partial charge is 0.220 e. The van der Waals surface area contributed by atoms with Crippen molar-refractivity contribution >= 4 is 17.7 Å². The van der Waals surface area contributed by atoms with E-state index in [1.54, 1.807) is 24.3 Å². The molecule has 1 N–H and O–H groups in total. The summed E-state index contributed by atoms with van der Waals surface area (Å²) in [4.78, 5) is 16.1. The minimum Gasteiger partial charge on any atom is -0.348 e. The summed E-state index contributed by atoms with van der Waals surface area (Å²) in [6.45, 7) is 0.825. The average molecular weight is 303 g/mol. The Balaban J connectivity index is 1.81. The van der Waals surface area contributed by atoms with E-state index in [0.29, 0.717) is 6.42 Å². The Kier molecular flexibility index (Phi) is 6.34. The zero-order chi connectivity index (χ0) is 14.9. The lowest BCUT2D eigenvalue weighted by atomic mass is 10.1. The van der Waals surface area contributed by atoms with Crippen molar-refractivity contribution in [3.63, 3.8) is 0 Å². The Morgan fingerprint density at radius 3 is 2.86 bits per heavy atom. The number of amides is 1. The van der Waals surface area contributed by atoms with Crippen molar-refractivity contribution in [3.8, 4) is 0 Å². The van der Waals surface area contributed by atoms with E-state index in [1.165, 1.54) is 0 Å². The highest BCUT2D eigenvalue weighted by Crippen LogP contribution is 2.17.